The van der Waals surface area contributed by atoms with Crippen molar-refractivity contribution < 1.29 is 32.2 Å². The molecule has 1 atom stereocenters. The molecule has 0 unspecified atom stereocenters. The highest BCUT2D eigenvalue weighted by atomic mass is 19.3. The van der Waals surface area contributed by atoms with Crippen LogP contribution in [0.25, 0.3) is 10.9 Å². The fourth-order valence-corrected chi connectivity index (χ4v) is 5.12. The number of hydrogen-bond acceptors (Lipinski definition) is 6. The third kappa shape index (κ3) is 5.05. The van der Waals surface area contributed by atoms with Crippen molar-refractivity contribution in [2.24, 2.45) is 0 Å². The molecule has 1 saturated heterocycles. The van der Waals surface area contributed by atoms with Crippen molar-refractivity contribution in [3.8, 4) is 0 Å². The number of pyridine rings is 1. The van der Waals surface area contributed by atoms with Gasteiger partial charge in [-0.3, -0.25) is 9.78 Å². The molecule has 0 spiro atoms. The molecule has 38 heavy (non-hydrogen) atoms. The number of aromatic nitrogens is 1. The molecule has 4 rings (SSSR count). The summed E-state index contributed by atoms with van der Waals surface area (Å²) >= 11 is 0. The summed E-state index contributed by atoms with van der Waals surface area (Å²) in [5.74, 6) is -1.54. The first-order chi connectivity index (χ1) is 18.1. The van der Waals surface area contributed by atoms with E-state index in [2.05, 4.69) is 10.3 Å². The SMILES string of the molecule is COC(=O)c1cc2nccc(N[C@H](C)c3cccc(C(F)F)c3F)c2cc1C1(OC)CCN(C(C)=O)CC1. The Balaban J connectivity index is 1.80. The number of likely N-dealkylation sites (tertiary alicyclic amines) is 1. The minimum atomic E-state index is -2.93. The lowest BCUT2D eigenvalue weighted by molar-refractivity contribution is -0.135. The number of fused-ring (bicyclic) bond motifs is 1. The van der Waals surface area contributed by atoms with Gasteiger partial charge in [0, 0.05) is 50.0 Å². The number of nitrogens with zero attached hydrogens (tertiary/aromatic N) is 2. The van der Waals surface area contributed by atoms with Crippen LogP contribution in [0, 0.1) is 5.82 Å². The summed E-state index contributed by atoms with van der Waals surface area (Å²) in [6.45, 7) is 4.10. The highest BCUT2D eigenvalue weighted by Crippen LogP contribution is 2.41. The van der Waals surface area contributed by atoms with Gasteiger partial charge in [0.2, 0.25) is 5.91 Å². The fraction of sp³-hybridized carbons (Fsp3) is 0.393. The molecule has 1 fully saturated rings. The zero-order valence-electron chi connectivity index (χ0n) is 21.7. The van der Waals surface area contributed by atoms with Crippen LogP contribution in [0.3, 0.4) is 0 Å². The molecule has 202 valence electrons. The minimum Gasteiger partial charge on any atom is -0.465 e. The molecule has 0 radical (unpaired) electrons. The van der Waals surface area contributed by atoms with Gasteiger partial charge in [-0.1, -0.05) is 18.2 Å². The van der Waals surface area contributed by atoms with Crippen LogP contribution < -0.4 is 5.32 Å². The van der Waals surface area contributed by atoms with Crippen molar-refractivity contribution >= 4 is 28.5 Å². The summed E-state index contributed by atoms with van der Waals surface area (Å²) in [4.78, 5) is 30.9. The number of halogens is 3. The van der Waals surface area contributed by atoms with Crippen LogP contribution in [0.5, 0.6) is 0 Å². The molecule has 0 aliphatic carbocycles. The number of carbonyl (C=O) groups excluding carboxylic acids is 2. The molecular formula is C28H30F3N3O4. The van der Waals surface area contributed by atoms with Crippen LogP contribution >= 0.6 is 0 Å². The van der Waals surface area contributed by atoms with Crippen molar-refractivity contribution in [1.82, 2.24) is 9.88 Å². The van der Waals surface area contributed by atoms with Crippen molar-refractivity contribution in [3.05, 3.63) is 70.7 Å². The molecule has 1 amide bonds. The number of amides is 1. The average molecular weight is 530 g/mol. The normalized spacial score (nSPS) is 15.9. The number of anilines is 1. The number of nitrogens with one attached hydrogen (secondary N) is 1. The van der Waals surface area contributed by atoms with Gasteiger partial charge in [0.15, 0.2) is 0 Å². The lowest BCUT2D eigenvalue weighted by Crippen LogP contribution is -2.46. The lowest BCUT2D eigenvalue weighted by atomic mass is 9.80. The van der Waals surface area contributed by atoms with E-state index in [1.807, 2.05) is 6.07 Å². The average Bonchev–Trinajstić information content (AvgIpc) is 2.91. The van der Waals surface area contributed by atoms with E-state index in [0.717, 1.165) is 6.07 Å². The van der Waals surface area contributed by atoms with Crippen molar-refractivity contribution in [2.45, 2.75) is 44.8 Å². The molecule has 7 nitrogen and oxygen atoms in total. The predicted octanol–water partition coefficient (Wildman–Crippen LogP) is 5.76. The second kappa shape index (κ2) is 11.0. The van der Waals surface area contributed by atoms with Gasteiger partial charge in [-0.25, -0.2) is 18.0 Å². The van der Waals surface area contributed by atoms with Gasteiger partial charge in [0.25, 0.3) is 6.43 Å². The van der Waals surface area contributed by atoms with E-state index >= 15 is 0 Å². The quantitative estimate of drug-likeness (QED) is 0.393. The summed E-state index contributed by atoms with van der Waals surface area (Å²) < 4.78 is 52.4. The second-order valence-corrected chi connectivity index (χ2v) is 9.39. The molecule has 0 saturated carbocycles. The number of alkyl halides is 2. The largest absolute Gasteiger partial charge is 0.465 e. The Hall–Kier alpha value is -3.66. The van der Waals surface area contributed by atoms with Crippen LogP contribution in [0.1, 0.15) is 66.2 Å². The maximum atomic E-state index is 14.8. The number of hydrogen-bond donors (Lipinski definition) is 1. The molecule has 3 aromatic rings. The molecule has 1 aliphatic rings. The number of esters is 1. The summed E-state index contributed by atoms with van der Waals surface area (Å²) in [6.07, 6.45) is -0.461. The van der Waals surface area contributed by atoms with E-state index in [1.54, 1.807) is 37.3 Å². The summed E-state index contributed by atoms with van der Waals surface area (Å²) in [7, 11) is 2.86. The Kier molecular flexibility index (Phi) is 7.91. The summed E-state index contributed by atoms with van der Waals surface area (Å²) in [5.41, 5.74) is 0.544. The first-order valence-corrected chi connectivity index (χ1v) is 12.3. The van der Waals surface area contributed by atoms with Crippen LogP contribution in [0.2, 0.25) is 0 Å². The number of rotatable bonds is 7. The topological polar surface area (TPSA) is 80.8 Å². The fourth-order valence-electron chi connectivity index (χ4n) is 5.12. The van der Waals surface area contributed by atoms with E-state index in [0.29, 0.717) is 53.6 Å². The van der Waals surface area contributed by atoms with Crippen molar-refractivity contribution in [3.63, 3.8) is 0 Å². The number of piperidine rings is 1. The Morgan fingerprint density at radius 2 is 1.79 bits per heavy atom. The molecule has 2 heterocycles. The standard InChI is InChI=1S/C28H30F3N3O4/c1-16(18-6-5-7-19(25(18)29)26(30)31)33-23-8-11-32-24-15-20(27(36)37-3)22(14-21(23)24)28(38-4)9-12-34(13-10-28)17(2)35/h5-8,11,14-16,26H,9-10,12-13H2,1-4H3,(H,32,33)/t16-/m1/s1. The Bertz CT molecular complexity index is 1360. The molecule has 1 N–H and O–H groups in total. The van der Waals surface area contributed by atoms with E-state index in [-0.39, 0.29) is 11.5 Å². The molecule has 2 aromatic carbocycles. The maximum Gasteiger partial charge on any atom is 0.338 e. The zero-order chi connectivity index (χ0) is 27.6. The van der Waals surface area contributed by atoms with Crippen LogP contribution in [-0.4, -0.2) is 49.1 Å². The third-order valence-corrected chi connectivity index (χ3v) is 7.32. The minimum absolute atomic E-state index is 0.0331. The van der Waals surface area contributed by atoms with Gasteiger partial charge in [-0.2, -0.15) is 0 Å². The molecular weight excluding hydrogens is 499 g/mol. The van der Waals surface area contributed by atoms with Gasteiger partial charge in [-0.15, -0.1) is 0 Å². The second-order valence-electron chi connectivity index (χ2n) is 9.39. The molecule has 1 aromatic heterocycles. The first kappa shape index (κ1) is 27.4. The van der Waals surface area contributed by atoms with Crippen LogP contribution in [0.15, 0.2) is 42.6 Å². The molecule has 0 bridgehead atoms. The van der Waals surface area contributed by atoms with Gasteiger partial charge >= 0.3 is 5.97 Å². The van der Waals surface area contributed by atoms with E-state index < -0.39 is 35.4 Å². The van der Waals surface area contributed by atoms with Gasteiger partial charge < -0.3 is 19.7 Å². The maximum absolute atomic E-state index is 14.8. The lowest BCUT2D eigenvalue weighted by Gasteiger charge is -2.41. The highest BCUT2D eigenvalue weighted by Gasteiger charge is 2.40. The van der Waals surface area contributed by atoms with Crippen LogP contribution in [0.4, 0.5) is 18.9 Å². The monoisotopic (exact) mass is 529 g/mol. The van der Waals surface area contributed by atoms with Crippen molar-refractivity contribution in [2.75, 3.05) is 32.6 Å². The van der Waals surface area contributed by atoms with Crippen molar-refractivity contribution in [1.29, 1.82) is 0 Å². The Morgan fingerprint density at radius 1 is 1.11 bits per heavy atom. The Labute approximate surface area is 218 Å². The molecule has 1 aliphatic heterocycles. The first-order valence-electron chi connectivity index (χ1n) is 12.3. The van der Waals surface area contributed by atoms with Gasteiger partial charge in [0.05, 0.1) is 35.4 Å². The van der Waals surface area contributed by atoms with E-state index in [9.17, 15) is 22.8 Å². The zero-order valence-corrected chi connectivity index (χ0v) is 21.7. The summed E-state index contributed by atoms with van der Waals surface area (Å²) in [6, 6.07) is 8.42. The summed E-state index contributed by atoms with van der Waals surface area (Å²) in [5, 5.41) is 3.86. The highest BCUT2D eigenvalue weighted by molar-refractivity contribution is 6.00. The van der Waals surface area contributed by atoms with E-state index in [4.69, 9.17) is 9.47 Å². The number of methoxy groups -OCH3 is 2. The predicted molar refractivity (Wildman–Crippen MR) is 137 cm³/mol. The van der Waals surface area contributed by atoms with E-state index in [1.165, 1.54) is 26.2 Å². The smallest absolute Gasteiger partial charge is 0.338 e. The number of benzene rings is 2. The van der Waals surface area contributed by atoms with Gasteiger partial charge in [-0.05, 0) is 43.5 Å². The molecule has 10 heteroatoms. The number of ether oxygens (including phenoxy) is 2. The van der Waals surface area contributed by atoms with Crippen LogP contribution in [-0.2, 0) is 19.9 Å². The number of carbonyl (C=O) groups is 2. The Morgan fingerprint density at radius 3 is 2.39 bits per heavy atom. The van der Waals surface area contributed by atoms with Gasteiger partial charge in [0.1, 0.15) is 5.82 Å². The third-order valence-electron chi connectivity index (χ3n) is 7.32.